The van der Waals surface area contributed by atoms with Gasteiger partial charge in [0.2, 0.25) is 5.91 Å². The number of aromatic nitrogens is 3. The number of aryl methyl sites for hydroxylation is 1. The minimum absolute atomic E-state index is 0.0443. The molecule has 0 fully saturated rings. The van der Waals surface area contributed by atoms with E-state index in [9.17, 15) is 4.79 Å². The summed E-state index contributed by atoms with van der Waals surface area (Å²) in [5, 5.41) is 11.8. The quantitative estimate of drug-likeness (QED) is 0.860. The third-order valence-electron chi connectivity index (χ3n) is 2.74. The molecule has 1 N–H and O–H groups in total. The summed E-state index contributed by atoms with van der Waals surface area (Å²) >= 11 is 1.40. The van der Waals surface area contributed by atoms with Crippen LogP contribution in [0, 0.1) is 6.92 Å². The molecule has 5 nitrogen and oxygen atoms in total. The van der Waals surface area contributed by atoms with Crippen molar-refractivity contribution in [3.8, 4) is 0 Å². The van der Waals surface area contributed by atoms with Gasteiger partial charge < -0.3 is 9.88 Å². The second kappa shape index (κ2) is 6.56. The van der Waals surface area contributed by atoms with Crippen LogP contribution >= 0.6 is 11.8 Å². The van der Waals surface area contributed by atoms with Crippen LogP contribution in [0.2, 0.25) is 0 Å². The Bertz CT molecular complexity index is 580. The van der Waals surface area contributed by atoms with Crippen molar-refractivity contribution in [2.24, 2.45) is 0 Å². The molecule has 0 aliphatic heterocycles. The highest BCUT2D eigenvalue weighted by molar-refractivity contribution is 7.99. The Morgan fingerprint density at radius 3 is 2.65 bits per heavy atom. The lowest BCUT2D eigenvalue weighted by Gasteiger charge is -2.11. The summed E-state index contributed by atoms with van der Waals surface area (Å²) in [6.45, 7) is 6.07. The number of carbonyl (C=O) groups is 1. The Kier molecular flexibility index (Phi) is 4.79. The molecule has 2 rings (SSSR count). The van der Waals surface area contributed by atoms with Gasteiger partial charge in [-0.25, -0.2) is 0 Å². The lowest BCUT2D eigenvalue weighted by Crippen LogP contribution is -2.15. The third kappa shape index (κ3) is 3.60. The molecule has 2 aromatic rings. The largest absolute Gasteiger partial charge is 0.325 e. The molecule has 0 saturated carbocycles. The summed E-state index contributed by atoms with van der Waals surface area (Å²) in [6, 6.07) is 9.71. The normalized spacial score (nSPS) is 10.8. The van der Waals surface area contributed by atoms with E-state index < -0.39 is 0 Å². The predicted octanol–water partition coefficient (Wildman–Crippen LogP) is 2.90. The average Bonchev–Trinajstić information content (AvgIpc) is 2.79. The molecule has 0 unspecified atom stereocenters. The molecule has 0 radical (unpaired) electrons. The molecule has 1 aromatic heterocycles. The first kappa shape index (κ1) is 14.6. The number of hydrogen-bond donors (Lipinski definition) is 1. The van der Waals surface area contributed by atoms with Crippen molar-refractivity contribution in [3.63, 3.8) is 0 Å². The number of anilines is 1. The molecule has 6 heteroatoms. The van der Waals surface area contributed by atoms with Crippen LogP contribution in [0.25, 0.3) is 0 Å². The number of rotatable bonds is 5. The van der Waals surface area contributed by atoms with E-state index in [2.05, 4.69) is 29.4 Å². The summed E-state index contributed by atoms with van der Waals surface area (Å²) in [4.78, 5) is 11.9. The fourth-order valence-corrected chi connectivity index (χ4v) is 2.80. The maximum Gasteiger partial charge on any atom is 0.234 e. The molecule has 1 amide bonds. The molecule has 0 saturated heterocycles. The second-order valence-electron chi connectivity index (χ2n) is 4.70. The number of thioether (sulfide) groups is 1. The van der Waals surface area contributed by atoms with Crippen LogP contribution in [0.4, 0.5) is 5.69 Å². The van der Waals surface area contributed by atoms with Crippen LogP contribution in [-0.4, -0.2) is 26.4 Å². The Balaban J connectivity index is 1.94. The highest BCUT2D eigenvalue weighted by Crippen LogP contribution is 2.21. The predicted molar refractivity (Wildman–Crippen MR) is 80.9 cm³/mol. The number of amides is 1. The molecule has 1 aromatic carbocycles. The number of carbonyl (C=O) groups excluding carboxylic acids is 1. The van der Waals surface area contributed by atoms with E-state index in [4.69, 9.17) is 0 Å². The number of nitrogens with one attached hydrogen (secondary N) is 1. The first-order chi connectivity index (χ1) is 9.58. The monoisotopic (exact) mass is 290 g/mol. The maximum absolute atomic E-state index is 11.9. The van der Waals surface area contributed by atoms with E-state index >= 15 is 0 Å². The molecule has 0 spiro atoms. The fraction of sp³-hybridized carbons (Fsp3) is 0.357. The highest BCUT2D eigenvalue weighted by atomic mass is 32.2. The minimum Gasteiger partial charge on any atom is -0.325 e. The van der Waals surface area contributed by atoms with E-state index in [1.165, 1.54) is 11.8 Å². The number of benzene rings is 1. The molecular formula is C14H18N4OS. The summed E-state index contributed by atoms with van der Waals surface area (Å²) in [5.74, 6) is 1.14. The Hall–Kier alpha value is -1.82. The zero-order valence-corrected chi connectivity index (χ0v) is 12.6. The van der Waals surface area contributed by atoms with Crippen molar-refractivity contribution < 1.29 is 4.79 Å². The van der Waals surface area contributed by atoms with Crippen LogP contribution in [0.1, 0.15) is 25.7 Å². The van der Waals surface area contributed by atoms with Gasteiger partial charge >= 0.3 is 0 Å². The van der Waals surface area contributed by atoms with Crippen LogP contribution in [0.15, 0.2) is 35.5 Å². The van der Waals surface area contributed by atoms with Gasteiger partial charge in [-0.3, -0.25) is 4.79 Å². The van der Waals surface area contributed by atoms with E-state index in [1.54, 1.807) is 0 Å². The van der Waals surface area contributed by atoms with E-state index in [1.807, 2.05) is 41.8 Å². The van der Waals surface area contributed by atoms with Crippen LogP contribution in [0.3, 0.4) is 0 Å². The molecule has 0 aliphatic rings. The highest BCUT2D eigenvalue weighted by Gasteiger charge is 2.13. The third-order valence-corrected chi connectivity index (χ3v) is 3.68. The number of hydrogen-bond acceptors (Lipinski definition) is 4. The van der Waals surface area contributed by atoms with E-state index in [0.29, 0.717) is 5.75 Å². The van der Waals surface area contributed by atoms with Crippen molar-refractivity contribution in [2.75, 3.05) is 11.1 Å². The van der Waals surface area contributed by atoms with Crippen molar-refractivity contribution in [2.45, 2.75) is 32.0 Å². The zero-order valence-electron chi connectivity index (χ0n) is 11.8. The average molecular weight is 290 g/mol. The van der Waals surface area contributed by atoms with Gasteiger partial charge in [0.05, 0.1) is 5.75 Å². The Labute approximate surface area is 122 Å². The molecule has 0 atom stereocenters. The van der Waals surface area contributed by atoms with Crippen molar-refractivity contribution >= 4 is 23.4 Å². The molecule has 1 heterocycles. The van der Waals surface area contributed by atoms with Crippen molar-refractivity contribution in [3.05, 3.63) is 36.2 Å². The van der Waals surface area contributed by atoms with Crippen LogP contribution < -0.4 is 5.32 Å². The van der Waals surface area contributed by atoms with Crippen LogP contribution in [-0.2, 0) is 4.79 Å². The molecule has 0 bridgehead atoms. The fourth-order valence-electron chi connectivity index (χ4n) is 1.89. The minimum atomic E-state index is -0.0443. The first-order valence-corrected chi connectivity index (χ1v) is 7.45. The van der Waals surface area contributed by atoms with Crippen molar-refractivity contribution in [1.29, 1.82) is 0 Å². The second-order valence-corrected chi connectivity index (χ2v) is 5.64. The van der Waals surface area contributed by atoms with Crippen LogP contribution in [0.5, 0.6) is 0 Å². The molecule has 106 valence electrons. The first-order valence-electron chi connectivity index (χ1n) is 6.47. The molecule has 0 aliphatic carbocycles. The lowest BCUT2D eigenvalue weighted by atomic mass is 10.3. The van der Waals surface area contributed by atoms with Gasteiger partial charge in [0.25, 0.3) is 0 Å². The van der Waals surface area contributed by atoms with Crippen molar-refractivity contribution in [1.82, 2.24) is 14.8 Å². The molecular weight excluding hydrogens is 272 g/mol. The maximum atomic E-state index is 11.9. The van der Waals surface area contributed by atoms with E-state index in [-0.39, 0.29) is 11.9 Å². The Morgan fingerprint density at radius 1 is 1.30 bits per heavy atom. The van der Waals surface area contributed by atoms with Gasteiger partial charge in [-0.2, -0.15) is 0 Å². The summed E-state index contributed by atoms with van der Waals surface area (Å²) < 4.78 is 2.03. The van der Waals surface area contributed by atoms with Gasteiger partial charge in [0.15, 0.2) is 5.16 Å². The molecule has 20 heavy (non-hydrogen) atoms. The number of para-hydroxylation sites is 1. The smallest absolute Gasteiger partial charge is 0.234 e. The van der Waals surface area contributed by atoms with Gasteiger partial charge in [0.1, 0.15) is 5.82 Å². The topological polar surface area (TPSA) is 59.8 Å². The van der Waals surface area contributed by atoms with Gasteiger partial charge in [-0.1, -0.05) is 30.0 Å². The standard InChI is InChI=1S/C14H18N4OS/c1-10(2)18-11(3)16-17-14(18)20-9-13(19)15-12-7-5-4-6-8-12/h4-8,10H,9H2,1-3H3,(H,15,19). The number of nitrogens with zero attached hydrogens (tertiary/aromatic N) is 3. The van der Waals surface area contributed by atoms with Gasteiger partial charge in [-0.15, -0.1) is 10.2 Å². The van der Waals surface area contributed by atoms with Gasteiger partial charge in [0, 0.05) is 11.7 Å². The van der Waals surface area contributed by atoms with Gasteiger partial charge in [-0.05, 0) is 32.9 Å². The summed E-state index contributed by atoms with van der Waals surface area (Å²) in [6.07, 6.45) is 0. The summed E-state index contributed by atoms with van der Waals surface area (Å²) in [5.41, 5.74) is 0.805. The lowest BCUT2D eigenvalue weighted by molar-refractivity contribution is -0.113. The summed E-state index contributed by atoms with van der Waals surface area (Å²) in [7, 11) is 0. The Morgan fingerprint density at radius 2 is 2.00 bits per heavy atom. The SMILES string of the molecule is Cc1nnc(SCC(=O)Nc2ccccc2)n1C(C)C. The van der Waals surface area contributed by atoms with E-state index in [0.717, 1.165) is 16.7 Å². The zero-order chi connectivity index (χ0) is 14.5.